The van der Waals surface area contributed by atoms with Crippen molar-refractivity contribution in [2.24, 2.45) is 0 Å². The molecule has 0 radical (unpaired) electrons. The Morgan fingerprint density at radius 1 is 0.926 bits per heavy atom. The molecule has 0 N–H and O–H groups in total. The van der Waals surface area contributed by atoms with Crippen LogP contribution in [0.15, 0.2) is 17.3 Å². The van der Waals surface area contributed by atoms with E-state index < -0.39 is 0 Å². The van der Waals surface area contributed by atoms with Crippen LogP contribution in [0.1, 0.15) is 84.6 Å². The van der Waals surface area contributed by atoms with Gasteiger partial charge in [-0.15, -0.1) is 21.5 Å². The zero-order chi connectivity index (χ0) is 19.8. The molecule has 3 aromatic rings. The summed E-state index contributed by atoms with van der Waals surface area (Å²) in [6, 6.07) is 0. The van der Waals surface area contributed by atoms with Crippen LogP contribution in [0.5, 0.6) is 0 Å². The second-order valence-corrected chi connectivity index (χ2v) is 10.2. The Kier molecular flexibility index (Phi) is 10.9. The molecule has 3 heterocycles. The van der Waals surface area contributed by atoms with Gasteiger partial charge in [-0.25, -0.2) is 9.97 Å². The summed E-state index contributed by atoms with van der Waals surface area (Å²) in [5.41, 5.74) is 3.81. The first-order valence-corrected chi connectivity index (χ1v) is 10.8. The molecule has 0 aromatic carbocycles. The molecule has 0 atom stereocenters. The highest BCUT2D eigenvalue weighted by atomic mass is 32.1. The number of hydrogen-bond acceptors (Lipinski definition) is 9. The van der Waals surface area contributed by atoms with Crippen molar-refractivity contribution in [2.45, 2.75) is 79.6 Å². The van der Waals surface area contributed by atoms with Crippen molar-refractivity contribution in [2.75, 3.05) is 0 Å². The lowest BCUT2D eigenvalue weighted by molar-refractivity contribution is 0.555. The maximum absolute atomic E-state index is 4.12. The highest BCUT2D eigenvalue weighted by molar-refractivity contribution is 7.09. The lowest BCUT2D eigenvalue weighted by Gasteiger charge is -2.11. The van der Waals surface area contributed by atoms with Gasteiger partial charge in [-0.05, 0) is 23.1 Å². The average Bonchev–Trinajstić information content (AvgIpc) is 3.28. The summed E-state index contributed by atoms with van der Waals surface area (Å²) in [5, 5.41) is 9.93. The van der Waals surface area contributed by atoms with Crippen molar-refractivity contribution >= 4 is 34.4 Å². The number of rotatable bonds is 1. The van der Waals surface area contributed by atoms with E-state index in [1.807, 2.05) is 0 Å². The molecule has 0 aliphatic carbocycles. The van der Waals surface area contributed by atoms with E-state index in [-0.39, 0.29) is 18.3 Å². The third-order valence-corrected chi connectivity index (χ3v) is 5.46. The van der Waals surface area contributed by atoms with Crippen LogP contribution in [-0.2, 0) is 10.8 Å². The molecule has 3 aromatic heterocycles. The van der Waals surface area contributed by atoms with Gasteiger partial charge in [0, 0.05) is 16.7 Å². The van der Waals surface area contributed by atoms with Crippen LogP contribution in [0.3, 0.4) is 0 Å². The molecular formula is C18H32N6S3. The van der Waals surface area contributed by atoms with Crippen molar-refractivity contribution < 1.29 is 0 Å². The zero-order valence-corrected chi connectivity index (χ0v) is 19.2. The molecule has 0 aliphatic rings. The summed E-state index contributed by atoms with van der Waals surface area (Å²) in [7, 11) is 0. The van der Waals surface area contributed by atoms with Gasteiger partial charge in [0.15, 0.2) is 0 Å². The second kappa shape index (κ2) is 11.5. The Morgan fingerprint density at radius 2 is 1.59 bits per heavy atom. The quantitative estimate of drug-likeness (QED) is 0.475. The molecule has 0 fully saturated rings. The molecule has 0 amide bonds. The van der Waals surface area contributed by atoms with Gasteiger partial charge in [-0.1, -0.05) is 62.8 Å². The number of aromatic nitrogens is 6. The van der Waals surface area contributed by atoms with E-state index in [0.717, 1.165) is 15.8 Å². The minimum absolute atomic E-state index is 0. The van der Waals surface area contributed by atoms with Gasteiger partial charge in [0.2, 0.25) is 0 Å². The first-order chi connectivity index (χ1) is 12.0. The van der Waals surface area contributed by atoms with Gasteiger partial charge in [0.05, 0.1) is 0 Å². The molecule has 0 saturated heterocycles. The van der Waals surface area contributed by atoms with E-state index in [4.69, 9.17) is 0 Å². The fourth-order valence-electron chi connectivity index (χ4n) is 1.44. The van der Waals surface area contributed by atoms with Crippen molar-refractivity contribution in [1.29, 1.82) is 0 Å². The summed E-state index contributed by atoms with van der Waals surface area (Å²) in [6.45, 7) is 16.9. The lowest BCUT2D eigenvalue weighted by atomic mass is 9.96. The SMILES string of the molecule is C.CC(C)(C)c1ncsn1.CC(C)(C)c1nncs1.CC(C)c1ncns1. The summed E-state index contributed by atoms with van der Waals surface area (Å²) < 4.78 is 7.99. The van der Waals surface area contributed by atoms with Crippen molar-refractivity contribution in [3.8, 4) is 0 Å². The maximum atomic E-state index is 4.12. The van der Waals surface area contributed by atoms with E-state index in [1.54, 1.807) is 28.7 Å². The fraction of sp³-hybridized carbons (Fsp3) is 0.667. The lowest BCUT2D eigenvalue weighted by Crippen LogP contribution is -2.12. The first-order valence-electron chi connectivity index (χ1n) is 8.32. The van der Waals surface area contributed by atoms with Crippen LogP contribution in [0.4, 0.5) is 0 Å². The van der Waals surface area contributed by atoms with Crippen LogP contribution in [-0.4, -0.2) is 28.9 Å². The van der Waals surface area contributed by atoms with Gasteiger partial charge in [0.1, 0.15) is 33.2 Å². The van der Waals surface area contributed by atoms with Gasteiger partial charge in [0.25, 0.3) is 0 Å². The third-order valence-electron chi connectivity index (χ3n) is 2.91. The molecule has 6 nitrogen and oxygen atoms in total. The van der Waals surface area contributed by atoms with E-state index in [2.05, 4.69) is 84.3 Å². The van der Waals surface area contributed by atoms with Gasteiger partial charge in [-0.2, -0.15) is 8.75 Å². The molecule has 0 aliphatic heterocycles. The molecule has 27 heavy (non-hydrogen) atoms. The van der Waals surface area contributed by atoms with E-state index in [9.17, 15) is 0 Å². The minimum Gasteiger partial charge on any atom is -0.228 e. The Labute approximate surface area is 175 Å². The molecule has 0 bridgehead atoms. The Bertz CT molecular complexity index is 649. The molecule has 0 unspecified atom stereocenters. The molecular weight excluding hydrogens is 396 g/mol. The Morgan fingerprint density at radius 3 is 1.81 bits per heavy atom. The first kappa shape index (κ1) is 25.7. The summed E-state index contributed by atoms with van der Waals surface area (Å²) in [5.74, 6) is 1.47. The van der Waals surface area contributed by atoms with Crippen molar-refractivity contribution in [1.82, 2.24) is 28.9 Å². The Hall–Kier alpha value is -1.32. The Balaban J connectivity index is 0.000000369. The fourth-order valence-corrected chi connectivity index (χ4v) is 3.20. The van der Waals surface area contributed by atoms with E-state index in [0.29, 0.717) is 5.92 Å². The van der Waals surface area contributed by atoms with Gasteiger partial charge in [-0.3, -0.25) is 0 Å². The molecule has 9 heteroatoms. The third kappa shape index (κ3) is 9.97. The van der Waals surface area contributed by atoms with Crippen LogP contribution in [0.2, 0.25) is 0 Å². The van der Waals surface area contributed by atoms with Gasteiger partial charge < -0.3 is 0 Å². The van der Waals surface area contributed by atoms with Crippen molar-refractivity contribution in [3.05, 3.63) is 33.2 Å². The molecule has 0 saturated carbocycles. The normalized spacial score (nSPS) is 11.0. The van der Waals surface area contributed by atoms with E-state index in [1.165, 1.54) is 23.1 Å². The van der Waals surface area contributed by atoms with Crippen LogP contribution < -0.4 is 0 Å². The van der Waals surface area contributed by atoms with Gasteiger partial charge >= 0.3 is 0 Å². The highest BCUT2D eigenvalue weighted by Gasteiger charge is 2.17. The summed E-state index contributed by atoms with van der Waals surface area (Å²) in [6.07, 6.45) is 1.60. The predicted octanol–water partition coefficient (Wildman–Crippen LogP) is 5.97. The molecule has 3 rings (SSSR count). The smallest absolute Gasteiger partial charge is 0.147 e. The molecule has 0 spiro atoms. The predicted molar refractivity (Wildman–Crippen MR) is 118 cm³/mol. The van der Waals surface area contributed by atoms with Crippen molar-refractivity contribution in [3.63, 3.8) is 0 Å². The van der Waals surface area contributed by atoms with Crippen LogP contribution in [0.25, 0.3) is 0 Å². The highest BCUT2D eigenvalue weighted by Crippen LogP contribution is 2.22. The van der Waals surface area contributed by atoms with Crippen LogP contribution in [0, 0.1) is 0 Å². The maximum Gasteiger partial charge on any atom is 0.147 e. The van der Waals surface area contributed by atoms with E-state index >= 15 is 0 Å². The average molecular weight is 429 g/mol. The number of nitrogens with zero attached hydrogens (tertiary/aromatic N) is 6. The molecule has 152 valence electrons. The standard InChI is InChI=1S/2C6H10N2S.C5H8N2S.CH4/c1-6(2,3)5-8-7-4-9-5;1-6(2,3)5-7-4-9-8-5;1-4(2)5-6-3-7-8-5;/h2*4H,1-3H3;3-4H,1-2H3;1H4. The van der Waals surface area contributed by atoms with Crippen LogP contribution >= 0.6 is 34.4 Å². The minimum atomic E-state index is 0. The summed E-state index contributed by atoms with van der Waals surface area (Å²) in [4.78, 5) is 8.12. The topological polar surface area (TPSA) is 77.3 Å². The summed E-state index contributed by atoms with van der Waals surface area (Å²) >= 11 is 4.48. The number of hydrogen-bond donors (Lipinski definition) is 0. The largest absolute Gasteiger partial charge is 0.228 e. The monoisotopic (exact) mass is 428 g/mol. The zero-order valence-electron chi connectivity index (χ0n) is 16.7. The second-order valence-electron chi connectivity index (χ2n) is 7.93.